The maximum absolute atomic E-state index is 10.9. The molecule has 1 aromatic rings. The van der Waals surface area contributed by atoms with Crippen LogP contribution in [0.3, 0.4) is 0 Å². The number of carbonyl (C=O) groups excluding carboxylic acids is 1. The summed E-state index contributed by atoms with van der Waals surface area (Å²) >= 11 is 0. The van der Waals surface area contributed by atoms with E-state index in [1.165, 1.54) is 23.3 Å². The van der Waals surface area contributed by atoms with Crippen LogP contribution in [0.25, 0.3) is 0 Å². The fourth-order valence-corrected chi connectivity index (χ4v) is 0.575. The van der Waals surface area contributed by atoms with Gasteiger partial charge in [0.25, 0.3) is 0 Å². The van der Waals surface area contributed by atoms with Crippen LogP contribution >= 0.6 is 0 Å². The summed E-state index contributed by atoms with van der Waals surface area (Å²) in [5, 5.41) is 8.31. The second kappa shape index (κ2) is 3.72. The minimum Gasteiger partial charge on any atom is -0.446 e. The summed E-state index contributed by atoms with van der Waals surface area (Å²) in [6.07, 6.45) is 3.75. The van der Waals surface area contributed by atoms with Crippen molar-refractivity contribution in [3.63, 3.8) is 0 Å². The van der Waals surface area contributed by atoms with E-state index >= 15 is 0 Å². The molecule has 5 heteroatoms. The van der Waals surface area contributed by atoms with Gasteiger partial charge < -0.3 is 9.84 Å². The van der Waals surface area contributed by atoms with Gasteiger partial charge >= 0.3 is 6.09 Å². The summed E-state index contributed by atoms with van der Waals surface area (Å²) < 4.78 is 5.76. The van der Waals surface area contributed by atoms with Crippen molar-refractivity contribution in [3.05, 3.63) is 18.7 Å². The van der Waals surface area contributed by atoms with Crippen LogP contribution in [0, 0.1) is 0 Å². The maximum atomic E-state index is 10.9. The summed E-state index contributed by atoms with van der Waals surface area (Å²) in [7, 11) is 0. The predicted molar refractivity (Wildman–Crippen MR) is 36.1 cm³/mol. The van der Waals surface area contributed by atoms with Crippen LogP contribution < -0.4 is 0 Å². The number of rotatable bonds is 2. The molecule has 0 fully saturated rings. The van der Waals surface area contributed by atoms with Crippen molar-refractivity contribution in [2.24, 2.45) is 0 Å². The third-order valence-corrected chi connectivity index (χ3v) is 1.03. The average Bonchev–Trinajstić information content (AvgIpc) is 2.52. The Morgan fingerprint density at radius 1 is 1.73 bits per heavy atom. The van der Waals surface area contributed by atoms with Gasteiger partial charge in [0.1, 0.15) is 12.9 Å². The number of nitrogens with zero attached hydrogens (tertiary/aromatic N) is 2. The van der Waals surface area contributed by atoms with Crippen molar-refractivity contribution in [1.29, 1.82) is 0 Å². The maximum Gasteiger partial charge on any atom is 0.419 e. The fraction of sp³-hybridized carbons (Fsp3) is 0.333. The highest BCUT2D eigenvalue weighted by atomic mass is 16.6. The van der Waals surface area contributed by atoms with E-state index in [1.54, 1.807) is 0 Å². The van der Waals surface area contributed by atoms with Gasteiger partial charge in [-0.1, -0.05) is 0 Å². The number of hydrogen-bond donors (Lipinski definition) is 1. The van der Waals surface area contributed by atoms with Crippen LogP contribution in [-0.2, 0) is 4.74 Å². The fourth-order valence-electron chi connectivity index (χ4n) is 0.575. The van der Waals surface area contributed by atoms with Crippen molar-refractivity contribution < 1.29 is 14.6 Å². The van der Waals surface area contributed by atoms with Crippen molar-refractivity contribution in [1.82, 2.24) is 9.55 Å². The van der Waals surface area contributed by atoms with Crippen LogP contribution in [0.1, 0.15) is 0 Å². The first-order chi connectivity index (χ1) is 5.34. The van der Waals surface area contributed by atoms with E-state index in [2.05, 4.69) is 9.72 Å². The Morgan fingerprint density at radius 2 is 2.55 bits per heavy atom. The van der Waals surface area contributed by atoms with Gasteiger partial charge in [-0.05, 0) is 0 Å². The molecular formula is C6H8N2O3. The molecule has 1 aromatic heterocycles. The van der Waals surface area contributed by atoms with E-state index in [0.29, 0.717) is 0 Å². The smallest absolute Gasteiger partial charge is 0.419 e. The van der Waals surface area contributed by atoms with E-state index in [-0.39, 0.29) is 13.2 Å². The molecule has 0 spiro atoms. The van der Waals surface area contributed by atoms with Crippen LogP contribution in [0.15, 0.2) is 18.7 Å². The Bertz CT molecular complexity index is 220. The van der Waals surface area contributed by atoms with Gasteiger partial charge in [0.05, 0.1) is 6.61 Å². The second-order valence-electron chi connectivity index (χ2n) is 1.81. The highest BCUT2D eigenvalue weighted by Crippen LogP contribution is 1.88. The number of aliphatic hydroxyl groups is 1. The summed E-state index contributed by atoms with van der Waals surface area (Å²) in [6, 6.07) is 0. The number of hydrogen-bond acceptors (Lipinski definition) is 4. The SMILES string of the molecule is O=C(OCCO)n1ccnc1. The van der Waals surface area contributed by atoms with Gasteiger partial charge in [0.2, 0.25) is 0 Å². The summed E-state index contributed by atoms with van der Waals surface area (Å²) in [5.41, 5.74) is 0. The quantitative estimate of drug-likeness (QED) is 0.647. The van der Waals surface area contributed by atoms with E-state index in [0.717, 1.165) is 0 Å². The monoisotopic (exact) mass is 156 g/mol. The lowest BCUT2D eigenvalue weighted by Gasteiger charge is -2.00. The lowest BCUT2D eigenvalue weighted by Crippen LogP contribution is -2.13. The zero-order chi connectivity index (χ0) is 8.10. The Balaban J connectivity index is 2.43. The van der Waals surface area contributed by atoms with Crippen molar-refractivity contribution in [2.45, 2.75) is 0 Å². The molecular weight excluding hydrogens is 148 g/mol. The number of ether oxygens (including phenoxy) is 1. The molecule has 1 N–H and O–H groups in total. The molecule has 5 nitrogen and oxygen atoms in total. The molecule has 0 bridgehead atoms. The summed E-state index contributed by atoms with van der Waals surface area (Å²) in [4.78, 5) is 14.5. The largest absolute Gasteiger partial charge is 0.446 e. The zero-order valence-electron chi connectivity index (χ0n) is 5.80. The molecule has 0 aliphatic heterocycles. The third-order valence-electron chi connectivity index (χ3n) is 1.03. The lowest BCUT2D eigenvalue weighted by atomic mass is 10.8. The van der Waals surface area contributed by atoms with Gasteiger partial charge in [0, 0.05) is 12.4 Å². The topological polar surface area (TPSA) is 64.3 Å². The Hall–Kier alpha value is -1.36. The minimum absolute atomic E-state index is 0.0109. The van der Waals surface area contributed by atoms with E-state index in [4.69, 9.17) is 5.11 Å². The van der Waals surface area contributed by atoms with Crippen LogP contribution in [0.2, 0.25) is 0 Å². The third kappa shape index (κ3) is 2.05. The van der Waals surface area contributed by atoms with E-state index < -0.39 is 6.09 Å². The molecule has 11 heavy (non-hydrogen) atoms. The normalized spacial score (nSPS) is 9.55. The molecule has 0 aromatic carbocycles. The number of aromatic nitrogens is 2. The van der Waals surface area contributed by atoms with Gasteiger partial charge in [-0.15, -0.1) is 0 Å². The molecule has 1 rings (SSSR count). The molecule has 0 saturated carbocycles. The average molecular weight is 156 g/mol. The van der Waals surface area contributed by atoms with Gasteiger partial charge in [-0.3, -0.25) is 0 Å². The Morgan fingerprint density at radius 3 is 3.09 bits per heavy atom. The van der Waals surface area contributed by atoms with E-state index in [1.807, 2.05) is 0 Å². The van der Waals surface area contributed by atoms with Gasteiger partial charge in [-0.25, -0.2) is 14.3 Å². The minimum atomic E-state index is -0.531. The second-order valence-corrected chi connectivity index (χ2v) is 1.81. The summed E-state index contributed by atoms with van der Waals surface area (Å²) in [6.45, 7) is -0.155. The first kappa shape index (κ1) is 7.74. The van der Waals surface area contributed by atoms with Crippen molar-refractivity contribution in [2.75, 3.05) is 13.2 Å². The number of carbonyl (C=O) groups is 1. The van der Waals surface area contributed by atoms with Gasteiger partial charge in [0.15, 0.2) is 0 Å². The molecule has 1 heterocycles. The molecule has 60 valence electrons. The highest BCUT2D eigenvalue weighted by molar-refractivity contribution is 5.69. The van der Waals surface area contributed by atoms with Crippen molar-refractivity contribution >= 4 is 6.09 Å². The van der Waals surface area contributed by atoms with E-state index in [9.17, 15) is 4.79 Å². The molecule has 0 unspecified atom stereocenters. The predicted octanol–water partition coefficient (Wildman–Crippen LogP) is -0.140. The Kier molecular flexibility index (Phi) is 2.62. The number of aliphatic hydroxyl groups excluding tert-OH is 1. The zero-order valence-corrected chi connectivity index (χ0v) is 5.80. The molecule has 0 amide bonds. The lowest BCUT2D eigenvalue weighted by molar-refractivity contribution is 0.120. The van der Waals surface area contributed by atoms with Crippen molar-refractivity contribution in [3.8, 4) is 0 Å². The number of imidazole rings is 1. The van der Waals surface area contributed by atoms with Crippen LogP contribution in [0.4, 0.5) is 4.79 Å². The molecule has 0 saturated heterocycles. The first-order valence-electron chi connectivity index (χ1n) is 3.10. The molecule has 0 aliphatic rings. The van der Waals surface area contributed by atoms with Gasteiger partial charge in [-0.2, -0.15) is 0 Å². The molecule has 0 radical (unpaired) electrons. The standard InChI is InChI=1S/C6H8N2O3/c9-3-4-11-6(10)8-2-1-7-5-8/h1-2,5,9H,3-4H2. The highest BCUT2D eigenvalue weighted by Gasteiger charge is 2.02. The molecule has 0 aliphatic carbocycles. The Labute approximate surface area is 63.2 Å². The molecule has 0 atom stereocenters. The van der Waals surface area contributed by atoms with Crippen LogP contribution in [0.5, 0.6) is 0 Å². The summed E-state index contributed by atoms with van der Waals surface area (Å²) in [5.74, 6) is 0. The van der Waals surface area contributed by atoms with Crippen LogP contribution in [-0.4, -0.2) is 34.0 Å². The first-order valence-corrected chi connectivity index (χ1v) is 3.10.